The molecule has 0 radical (unpaired) electrons. The van der Waals surface area contributed by atoms with Gasteiger partial charge in [-0.2, -0.15) is 0 Å². The number of rotatable bonds is 3. The minimum Gasteiger partial charge on any atom is -0.256 e. The topological polar surface area (TPSA) is 38.7 Å². The van der Waals surface area contributed by atoms with E-state index in [2.05, 4.69) is 31.1 Å². The quantitative estimate of drug-likeness (QED) is 0.410. The van der Waals surface area contributed by atoms with Gasteiger partial charge >= 0.3 is 0 Å². The van der Waals surface area contributed by atoms with Crippen LogP contribution < -0.4 is 0 Å². The fourth-order valence-corrected chi connectivity index (χ4v) is 3.40. The second kappa shape index (κ2) is 7.32. The summed E-state index contributed by atoms with van der Waals surface area (Å²) >= 11 is 3.45. The van der Waals surface area contributed by atoms with E-state index >= 15 is 0 Å². The first kappa shape index (κ1) is 17.4. The molecule has 0 amide bonds. The lowest BCUT2D eigenvalue weighted by Crippen LogP contribution is -2.00. The molecule has 0 fully saturated rings. The van der Waals surface area contributed by atoms with Gasteiger partial charge in [0.2, 0.25) is 0 Å². The maximum absolute atomic E-state index is 14.5. The lowest BCUT2D eigenvalue weighted by Gasteiger charge is -2.15. The molecule has 0 spiro atoms. The van der Waals surface area contributed by atoms with Gasteiger partial charge < -0.3 is 0 Å². The highest BCUT2D eigenvalue weighted by Crippen LogP contribution is 2.41. The molecule has 132 valence electrons. The highest BCUT2D eigenvalue weighted by Gasteiger charge is 2.22. The zero-order valence-electron chi connectivity index (χ0n) is 13.9. The minimum atomic E-state index is -0.698. The van der Waals surface area contributed by atoms with E-state index < -0.39 is 11.6 Å². The van der Waals surface area contributed by atoms with Gasteiger partial charge in [-0.3, -0.25) is 4.98 Å². The number of hydrogen-bond acceptors (Lipinski definition) is 3. The molecule has 2 aromatic carbocycles. The van der Waals surface area contributed by atoms with Gasteiger partial charge in [0.15, 0.2) is 0 Å². The molecule has 0 atom stereocenters. The molecule has 2 heterocycles. The number of nitrogens with zero attached hydrogens (tertiary/aromatic N) is 3. The smallest absolute Gasteiger partial charge is 0.138 e. The number of pyridine rings is 1. The standard InChI is InChI=1S/C21H12BrF2N3/c22-21-19(17-8-4-5-11-25-17)18(13-6-2-1-3-7-13)20(26-27-21)15-10-9-14(23)12-16(15)24/h1-12H. The second-order valence-corrected chi connectivity index (χ2v) is 6.55. The van der Waals surface area contributed by atoms with E-state index in [9.17, 15) is 8.78 Å². The number of aromatic nitrogens is 3. The average molecular weight is 424 g/mol. The van der Waals surface area contributed by atoms with E-state index in [1.807, 2.05) is 48.5 Å². The van der Waals surface area contributed by atoms with Crippen LogP contribution in [-0.4, -0.2) is 15.2 Å². The molecule has 3 nitrogen and oxygen atoms in total. The molecule has 0 saturated carbocycles. The van der Waals surface area contributed by atoms with Crippen LogP contribution in [0.5, 0.6) is 0 Å². The molecule has 0 unspecified atom stereocenters. The van der Waals surface area contributed by atoms with Crippen LogP contribution in [0.3, 0.4) is 0 Å². The molecule has 0 aliphatic rings. The van der Waals surface area contributed by atoms with Gasteiger partial charge in [0.05, 0.1) is 5.69 Å². The van der Waals surface area contributed by atoms with Crippen molar-refractivity contribution >= 4 is 15.9 Å². The van der Waals surface area contributed by atoms with E-state index in [1.165, 1.54) is 12.1 Å². The van der Waals surface area contributed by atoms with Gasteiger partial charge in [0, 0.05) is 29.0 Å². The van der Waals surface area contributed by atoms with Crippen LogP contribution in [0.2, 0.25) is 0 Å². The summed E-state index contributed by atoms with van der Waals surface area (Å²) in [6, 6.07) is 18.4. The number of hydrogen-bond donors (Lipinski definition) is 0. The van der Waals surface area contributed by atoms with Crippen molar-refractivity contribution < 1.29 is 8.78 Å². The van der Waals surface area contributed by atoms with Gasteiger partial charge in [-0.1, -0.05) is 36.4 Å². The Morgan fingerprint density at radius 3 is 2.26 bits per heavy atom. The Kier molecular flexibility index (Phi) is 4.73. The van der Waals surface area contributed by atoms with Gasteiger partial charge in [-0.25, -0.2) is 8.78 Å². The first-order chi connectivity index (χ1) is 13.1. The Hall–Kier alpha value is -2.99. The molecule has 0 N–H and O–H groups in total. The molecule has 0 saturated heterocycles. The molecule has 4 rings (SSSR count). The van der Waals surface area contributed by atoms with E-state index in [1.54, 1.807) is 6.20 Å². The Morgan fingerprint density at radius 1 is 0.778 bits per heavy atom. The SMILES string of the molecule is Fc1ccc(-c2nnc(Br)c(-c3ccccn3)c2-c2ccccc2)c(F)c1. The Bertz CT molecular complexity index is 1100. The second-order valence-electron chi connectivity index (χ2n) is 5.79. The van der Waals surface area contributed by atoms with E-state index in [-0.39, 0.29) is 5.56 Å². The first-order valence-corrected chi connectivity index (χ1v) is 8.93. The zero-order valence-corrected chi connectivity index (χ0v) is 15.5. The highest BCUT2D eigenvalue weighted by molar-refractivity contribution is 9.10. The third-order valence-electron chi connectivity index (χ3n) is 4.10. The lowest BCUT2D eigenvalue weighted by atomic mass is 9.94. The molecule has 2 aromatic heterocycles. The molecular formula is C21H12BrF2N3. The molecule has 0 aliphatic heterocycles. The van der Waals surface area contributed by atoms with Crippen molar-refractivity contribution in [1.82, 2.24) is 15.2 Å². The van der Waals surface area contributed by atoms with Crippen LogP contribution in [0, 0.1) is 11.6 Å². The summed E-state index contributed by atoms with van der Waals surface area (Å²) < 4.78 is 28.4. The van der Waals surface area contributed by atoms with Crippen molar-refractivity contribution in [3.63, 3.8) is 0 Å². The van der Waals surface area contributed by atoms with Crippen molar-refractivity contribution in [3.8, 4) is 33.6 Å². The summed E-state index contributed by atoms with van der Waals surface area (Å²) in [4.78, 5) is 4.42. The van der Waals surface area contributed by atoms with Crippen molar-refractivity contribution in [2.24, 2.45) is 0 Å². The highest BCUT2D eigenvalue weighted by atomic mass is 79.9. The fourth-order valence-electron chi connectivity index (χ4n) is 2.92. The average Bonchev–Trinajstić information content (AvgIpc) is 2.69. The number of halogens is 3. The van der Waals surface area contributed by atoms with Crippen LogP contribution in [0.4, 0.5) is 8.78 Å². The fraction of sp³-hybridized carbons (Fsp3) is 0. The van der Waals surface area contributed by atoms with Gasteiger partial charge in [0.25, 0.3) is 0 Å². The van der Waals surface area contributed by atoms with Crippen LogP contribution in [-0.2, 0) is 0 Å². The summed E-state index contributed by atoms with van der Waals surface area (Å²) in [6.45, 7) is 0. The maximum Gasteiger partial charge on any atom is 0.138 e. The molecule has 4 aromatic rings. The van der Waals surface area contributed by atoms with Crippen LogP contribution in [0.1, 0.15) is 0 Å². The predicted molar refractivity (Wildman–Crippen MR) is 104 cm³/mol. The molecule has 0 bridgehead atoms. The van der Waals surface area contributed by atoms with Crippen molar-refractivity contribution in [2.45, 2.75) is 0 Å². The van der Waals surface area contributed by atoms with Crippen LogP contribution in [0.15, 0.2) is 77.5 Å². The monoisotopic (exact) mass is 423 g/mol. The minimum absolute atomic E-state index is 0.174. The Morgan fingerprint density at radius 2 is 1.56 bits per heavy atom. The third-order valence-corrected chi connectivity index (χ3v) is 4.66. The summed E-state index contributed by atoms with van der Waals surface area (Å²) in [5.74, 6) is -1.34. The maximum atomic E-state index is 14.5. The largest absolute Gasteiger partial charge is 0.256 e. The van der Waals surface area contributed by atoms with Crippen molar-refractivity contribution in [3.05, 3.63) is 89.2 Å². The van der Waals surface area contributed by atoms with Crippen molar-refractivity contribution in [1.29, 1.82) is 0 Å². The molecule has 0 aliphatic carbocycles. The van der Waals surface area contributed by atoms with E-state index in [4.69, 9.17) is 0 Å². The lowest BCUT2D eigenvalue weighted by molar-refractivity contribution is 0.585. The zero-order chi connectivity index (χ0) is 18.8. The summed E-state index contributed by atoms with van der Waals surface area (Å²) in [7, 11) is 0. The van der Waals surface area contributed by atoms with Crippen LogP contribution in [0.25, 0.3) is 33.6 Å². The van der Waals surface area contributed by atoms with Crippen molar-refractivity contribution in [2.75, 3.05) is 0 Å². The normalized spacial score (nSPS) is 10.8. The molecule has 27 heavy (non-hydrogen) atoms. The van der Waals surface area contributed by atoms with E-state index in [0.717, 1.165) is 11.6 Å². The van der Waals surface area contributed by atoms with Gasteiger partial charge in [0.1, 0.15) is 21.9 Å². The summed E-state index contributed by atoms with van der Waals surface area (Å²) in [5.41, 5.74) is 3.35. The third kappa shape index (κ3) is 3.36. The van der Waals surface area contributed by atoms with Crippen LogP contribution >= 0.6 is 15.9 Å². The van der Waals surface area contributed by atoms with Gasteiger partial charge in [-0.15, -0.1) is 10.2 Å². The predicted octanol–water partition coefficient (Wildman–Crippen LogP) is 5.91. The summed E-state index contributed by atoms with van der Waals surface area (Å²) in [6.07, 6.45) is 1.68. The Labute approximate surface area is 162 Å². The number of benzene rings is 2. The molecule has 6 heteroatoms. The first-order valence-electron chi connectivity index (χ1n) is 8.13. The van der Waals surface area contributed by atoms with E-state index in [0.29, 0.717) is 27.1 Å². The van der Waals surface area contributed by atoms with Gasteiger partial charge in [-0.05, 0) is 45.8 Å². The Balaban J connectivity index is 2.09. The molecular weight excluding hydrogens is 412 g/mol. The summed E-state index contributed by atoms with van der Waals surface area (Å²) in [5, 5.41) is 8.36.